The third-order valence-corrected chi connectivity index (χ3v) is 3.34. The van der Waals surface area contributed by atoms with Gasteiger partial charge in [0.25, 0.3) is 0 Å². The van der Waals surface area contributed by atoms with Crippen LogP contribution in [0.25, 0.3) is 5.69 Å². The molecule has 0 N–H and O–H groups in total. The van der Waals surface area contributed by atoms with E-state index in [1.807, 2.05) is 31.5 Å². The molecule has 1 heterocycles. The predicted molar refractivity (Wildman–Crippen MR) is 68.2 cm³/mol. The zero-order chi connectivity index (χ0) is 12.6. The van der Waals surface area contributed by atoms with Crippen LogP contribution >= 0.6 is 11.6 Å². The Morgan fingerprint density at radius 3 is 2.47 bits per heavy atom. The summed E-state index contributed by atoms with van der Waals surface area (Å²) in [6, 6.07) is 5.30. The van der Waals surface area contributed by atoms with Gasteiger partial charge in [-0.2, -0.15) is 5.10 Å². The van der Waals surface area contributed by atoms with Crippen LogP contribution in [0.15, 0.2) is 18.2 Å². The van der Waals surface area contributed by atoms with Gasteiger partial charge in [-0.05, 0) is 44.5 Å². The van der Waals surface area contributed by atoms with E-state index in [1.54, 1.807) is 12.1 Å². The molecule has 17 heavy (non-hydrogen) atoms. The fraction of sp³-hybridized carbons (Fsp3) is 0.231. The SMILES string of the molecule is Cc1nn(-c2ccc(C=O)c(Cl)c2)c(C)c1C. The van der Waals surface area contributed by atoms with Gasteiger partial charge in [-0.15, -0.1) is 0 Å². The van der Waals surface area contributed by atoms with E-state index in [4.69, 9.17) is 11.6 Å². The van der Waals surface area contributed by atoms with Gasteiger partial charge in [-0.25, -0.2) is 4.68 Å². The fourth-order valence-corrected chi connectivity index (χ4v) is 1.93. The maximum atomic E-state index is 10.7. The topological polar surface area (TPSA) is 34.9 Å². The van der Waals surface area contributed by atoms with Crippen LogP contribution in [-0.4, -0.2) is 16.1 Å². The number of benzene rings is 1. The number of aryl methyl sites for hydroxylation is 1. The van der Waals surface area contributed by atoms with Crippen molar-refractivity contribution in [3.05, 3.63) is 45.7 Å². The summed E-state index contributed by atoms with van der Waals surface area (Å²) in [4.78, 5) is 10.7. The molecule has 1 aromatic carbocycles. The largest absolute Gasteiger partial charge is 0.298 e. The molecular weight excluding hydrogens is 236 g/mol. The highest BCUT2D eigenvalue weighted by atomic mass is 35.5. The van der Waals surface area contributed by atoms with Crippen LogP contribution in [0.1, 0.15) is 27.3 Å². The van der Waals surface area contributed by atoms with Gasteiger partial charge in [0.2, 0.25) is 0 Å². The summed E-state index contributed by atoms with van der Waals surface area (Å²) in [5.41, 5.74) is 4.61. The van der Waals surface area contributed by atoms with E-state index in [0.717, 1.165) is 23.4 Å². The molecule has 0 aliphatic rings. The van der Waals surface area contributed by atoms with Crippen molar-refractivity contribution < 1.29 is 4.79 Å². The molecular formula is C13H13ClN2O. The highest BCUT2D eigenvalue weighted by molar-refractivity contribution is 6.33. The number of rotatable bonds is 2. The van der Waals surface area contributed by atoms with Gasteiger partial charge in [0.05, 0.1) is 16.4 Å². The normalized spacial score (nSPS) is 10.6. The van der Waals surface area contributed by atoms with Gasteiger partial charge in [0, 0.05) is 11.3 Å². The highest BCUT2D eigenvalue weighted by Gasteiger charge is 2.10. The number of aldehydes is 1. The summed E-state index contributed by atoms with van der Waals surface area (Å²) in [7, 11) is 0. The summed E-state index contributed by atoms with van der Waals surface area (Å²) in [6.07, 6.45) is 0.749. The standard InChI is InChI=1S/C13H13ClN2O/c1-8-9(2)15-16(10(8)3)12-5-4-11(7-17)13(14)6-12/h4-7H,1-3H3. The molecule has 1 aromatic heterocycles. The van der Waals surface area contributed by atoms with E-state index in [1.165, 1.54) is 5.56 Å². The predicted octanol–water partition coefficient (Wildman–Crippen LogP) is 3.26. The molecule has 0 atom stereocenters. The van der Waals surface area contributed by atoms with Crippen LogP contribution in [0.4, 0.5) is 0 Å². The lowest BCUT2D eigenvalue weighted by Crippen LogP contribution is -1.99. The van der Waals surface area contributed by atoms with E-state index >= 15 is 0 Å². The van der Waals surface area contributed by atoms with Crippen LogP contribution < -0.4 is 0 Å². The molecule has 88 valence electrons. The molecule has 0 aliphatic carbocycles. The second-order valence-corrected chi connectivity index (χ2v) is 4.44. The Hall–Kier alpha value is -1.61. The van der Waals surface area contributed by atoms with Crippen molar-refractivity contribution in [2.45, 2.75) is 20.8 Å². The van der Waals surface area contributed by atoms with E-state index in [0.29, 0.717) is 10.6 Å². The number of nitrogens with zero attached hydrogens (tertiary/aromatic N) is 2. The average Bonchev–Trinajstić information content (AvgIpc) is 2.57. The van der Waals surface area contributed by atoms with Gasteiger partial charge in [-0.1, -0.05) is 11.6 Å². The van der Waals surface area contributed by atoms with Crippen LogP contribution in [0.2, 0.25) is 5.02 Å². The molecule has 0 amide bonds. The second-order valence-electron chi connectivity index (χ2n) is 4.03. The number of carbonyl (C=O) groups is 1. The molecule has 0 fully saturated rings. The lowest BCUT2D eigenvalue weighted by molar-refractivity contribution is 0.112. The first-order valence-electron chi connectivity index (χ1n) is 5.32. The molecule has 0 spiro atoms. The highest BCUT2D eigenvalue weighted by Crippen LogP contribution is 2.21. The first-order chi connectivity index (χ1) is 8.04. The Bertz CT molecular complexity index is 587. The van der Waals surface area contributed by atoms with Gasteiger partial charge in [0.1, 0.15) is 0 Å². The Morgan fingerprint density at radius 2 is 2.00 bits per heavy atom. The third kappa shape index (κ3) is 1.98. The van der Waals surface area contributed by atoms with Crippen LogP contribution in [0.3, 0.4) is 0 Å². The zero-order valence-electron chi connectivity index (χ0n) is 9.99. The Labute approximate surface area is 105 Å². The quantitative estimate of drug-likeness (QED) is 0.765. The smallest absolute Gasteiger partial charge is 0.151 e. The molecule has 0 radical (unpaired) electrons. The van der Waals surface area contributed by atoms with Crippen molar-refractivity contribution in [3.63, 3.8) is 0 Å². The molecule has 0 saturated carbocycles. The second kappa shape index (κ2) is 4.34. The van der Waals surface area contributed by atoms with E-state index in [9.17, 15) is 4.79 Å². The molecule has 2 rings (SSSR count). The van der Waals surface area contributed by atoms with E-state index in [2.05, 4.69) is 5.10 Å². The average molecular weight is 249 g/mol. The van der Waals surface area contributed by atoms with Crippen LogP contribution in [0.5, 0.6) is 0 Å². The molecule has 3 nitrogen and oxygen atoms in total. The van der Waals surface area contributed by atoms with Gasteiger partial charge in [-0.3, -0.25) is 4.79 Å². The molecule has 2 aromatic rings. The van der Waals surface area contributed by atoms with E-state index in [-0.39, 0.29) is 0 Å². The molecule has 0 unspecified atom stereocenters. The van der Waals surface area contributed by atoms with Gasteiger partial charge >= 0.3 is 0 Å². The van der Waals surface area contributed by atoms with Crippen molar-refractivity contribution in [1.29, 1.82) is 0 Å². The molecule has 0 aliphatic heterocycles. The summed E-state index contributed by atoms with van der Waals surface area (Å²) >= 11 is 6.01. The van der Waals surface area contributed by atoms with Gasteiger partial charge < -0.3 is 0 Å². The summed E-state index contributed by atoms with van der Waals surface area (Å²) in [5.74, 6) is 0. The zero-order valence-corrected chi connectivity index (χ0v) is 10.7. The maximum Gasteiger partial charge on any atom is 0.151 e. The molecule has 4 heteroatoms. The summed E-state index contributed by atoms with van der Waals surface area (Å²) < 4.78 is 1.84. The summed E-state index contributed by atoms with van der Waals surface area (Å²) in [5, 5.41) is 4.89. The molecule has 0 bridgehead atoms. The van der Waals surface area contributed by atoms with Crippen LogP contribution in [0, 0.1) is 20.8 Å². The number of carbonyl (C=O) groups excluding carboxylic acids is 1. The minimum atomic E-state index is 0.447. The minimum absolute atomic E-state index is 0.447. The maximum absolute atomic E-state index is 10.7. The van der Waals surface area contributed by atoms with Crippen molar-refractivity contribution >= 4 is 17.9 Å². The minimum Gasteiger partial charge on any atom is -0.298 e. The van der Waals surface area contributed by atoms with Crippen molar-refractivity contribution in [2.75, 3.05) is 0 Å². The molecule has 0 saturated heterocycles. The lowest BCUT2D eigenvalue weighted by atomic mass is 10.2. The number of aromatic nitrogens is 2. The first-order valence-corrected chi connectivity index (χ1v) is 5.70. The number of hydrogen-bond donors (Lipinski definition) is 0. The Morgan fingerprint density at radius 1 is 1.29 bits per heavy atom. The third-order valence-electron chi connectivity index (χ3n) is 3.01. The first kappa shape index (κ1) is 11.9. The number of hydrogen-bond acceptors (Lipinski definition) is 2. The van der Waals surface area contributed by atoms with Crippen molar-refractivity contribution in [2.24, 2.45) is 0 Å². The van der Waals surface area contributed by atoms with Crippen LogP contribution in [-0.2, 0) is 0 Å². The van der Waals surface area contributed by atoms with Crippen molar-refractivity contribution in [3.8, 4) is 5.69 Å². The summed E-state index contributed by atoms with van der Waals surface area (Å²) in [6.45, 7) is 6.02. The fourth-order valence-electron chi connectivity index (χ4n) is 1.72. The number of halogens is 1. The lowest BCUT2D eigenvalue weighted by Gasteiger charge is -2.06. The van der Waals surface area contributed by atoms with Gasteiger partial charge in [0.15, 0.2) is 6.29 Å². The monoisotopic (exact) mass is 248 g/mol. The van der Waals surface area contributed by atoms with Crippen molar-refractivity contribution in [1.82, 2.24) is 9.78 Å². The Balaban J connectivity index is 2.57. The Kier molecular flexibility index (Phi) is 3.03. The van der Waals surface area contributed by atoms with E-state index < -0.39 is 0 Å².